The predicted molar refractivity (Wildman–Crippen MR) is 88.4 cm³/mol. The van der Waals surface area contributed by atoms with Gasteiger partial charge in [-0.15, -0.1) is 0 Å². The lowest BCUT2D eigenvalue weighted by atomic mass is 10.1. The summed E-state index contributed by atoms with van der Waals surface area (Å²) in [5, 5.41) is 5.89. The topological polar surface area (TPSA) is 74.0 Å². The van der Waals surface area contributed by atoms with E-state index in [-0.39, 0.29) is 5.56 Å². The Hall–Kier alpha value is -1.85. The SMILES string of the molecule is Cc1onc2c1c(=O)n(CCCCCN)c1cccc(Cl)c21. The second-order valence-electron chi connectivity index (χ2n) is 5.40. The summed E-state index contributed by atoms with van der Waals surface area (Å²) in [6.07, 6.45) is 2.85. The number of nitrogens with zero attached hydrogens (tertiary/aromatic N) is 2. The van der Waals surface area contributed by atoms with E-state index in [1.807, 2.05) is 12.1 Å². The van der Waals surface area contributed by atoms with Crippen LogP contribution in [0, 0.1) is 6.92 Å². The lowest BCUT2D eigenvalue weighted by Crippen LogP contribution is -2.21. The molecular weight excluding hydrogens is 302 g/mol. The highest BCUT2D eigenvalue weighted by atomic mass is 35.5. The molecule has 5 nitrogen and oxygen atoms in total. The standard InChI is InChI=1S/C16H18ClN3O2/c1-10-13-15(19-22-10)14-11(17)6-5-7-12(14)20(16(13)21)9-4-2-3-8-18/h5-7H,2-4,8-9,18H2,1H3. The van der Waals surface area contributed by atoms with Gasteiger partial charge in [0.2, 0.25) is 0 Å². The Kier molecular flexibility index (Phi) is 4.18. The molecular formula is C16H18ClN3O2. The molecule has 0 spiro atoms. The summed E-state index contributed by atoms with van der Waals surface area (Å²) in [5.41, 5.74) is 6.79. The quantitative estimate of drug-likeness (QED) is 0.733. The smallest absolute Gasteiger partial charge is 0.264 e. The van der Waals surface area contributed by atoms with Crippen molar-refractivity contribution in [3.63, 3.8) is 0 Å². The lowest BCUT2D eigenvalue weighted by molar-refractivity contribution is 0.406. The maximum atomic E-state index is 12.8. The minimum atomic E-state index is -0.0729. The van der Waals surface area contributed by atoms with Gasteiger partial charge in [0.15, 0.2) is 0 Å². The second-order valence-corrected chi connectivity index (χ2v) is 5.81. The van der Waals surface area contributed by atoms with E-state index >= 15 is 0 Å². The number of hydrogen-bond donors (Lipinski definition) is 1. The van der Waals surface area contributed by atoms with Gasteiger partial charge in [0, 0.05) is 11.9 Å². The number of aryl methyl sites for hydroxylation is 2. The van der Waals surface area contributed by atoms with Crippen molar-refractivity contribution in [3.8, 4) is 0 Å². The molecule has 6 heteroatoms. The minimum Gasteiger partial charge on any atom is -0.360 e. The third-order valence-electron chi connectivity index (χ3n) is 3.93. The van der Waals surface area contributed by atoms with Gasteiger partial charge in [-0.2, -0.15) is 0 Å². The molecule has 0 saturated heterocycles. The first-order chi connectivity index (χ1) is 10.6. The molecule has 0 fully saturated rings. The van der Waals surface area contributed by atoms with Crippen molar-refractivity contribution < 1.29 is 4.52 Å². The van der Waals surface area contributed by atoms with Crippen molar-refractivity contribution >= 4 is 33.4 Å². The van der Waals surface area contributed by atoms with Crippen LogP contribution >= 0.6 is 11.6 Å². The fraction of sp³-hybridized carbons (Fsp3) is 0.375. The van der Waals surface area contributed by atoms with E-state index in [9.17, 15) is 4.79 Å². The van der Waals surface area contributed by atoms with Gasteiger partial charge in [-0.1, -0.05) is 29.2 Å². The number of benzene rings is 1. The van der Waals surface area contributed by atoms with E-state index in [4.69, 9.17) is 21.9 Å². The van der Waals surface area contributed by atoms with Crippen LogP contribution in [0.4, 0.5) is 0 Å². The summed E-state index contributed by atoms with van der Waals surface area (Å²) in [7, 11) is 0. The third-order valence-corrected chi connectivity index (χ3v) is 4.24. The van der Waals surface area contributed by atoms with Crippen LogP contribution in [0.2, 0.25) is 5.02 Å². The zero-order valence-corrected chi connectivity index (χ0v) is 13.2. The molecule has 116 valence electrons. The van der Waals surface area contributed by atoms with Gasteiger partial charge < -0.3 is 14.8 Å². The van der Waals surface area contributed by atoms with E-state index in [1.54, 1.807) is 17.6 Å². The molecule has 2 aromatic heterocycles. The monoisotopic (exact) mass is 319 g/mol. The molecule has 22 heavy (non-hydrogen) atoms. The van der Waals surface area contributed by atoms with Crippen molar-refractivity contribution in [3.05, 3.63) is 39.3 Å². The molecule has 0 aliphatic carbocycles. The first-order valence-electron chi connectivity index (χ1n) is 7.42. The van der Waals surface area contributed by atoms with Gasteiger partial charge in [0.1, 0.15) is 16.7 Å². The summed E-state index contributed by atoms with van der Waals surface area (Å²) in [6.45, 7) is 3.06. The van der Waals surface area contributed by atoms with Crippen LogP contribution in [0.1, 0.15) is 25.0 Å². The average molecular weight is 320 g/mol. The van der Waals surface area contributed by atoms with Crippen LogP contribution in [0.3, 0.4) is 0 Å². The lowest BCUT2D eigenvalue weighted by Gasteiger charge is -2.11. The molecule has 0 amide bonds. The van der Waals surface area contributed by atoms with E-state index in [0.717, 1.165) is 30.2 Å². The second kappa shape index (κ2) is 6.10. The van der Waals surface area contributed by atoms with E-state index in [2.05, 4.69) is 5.16 Å². The Morgan fingerprint density at radius 2 is 2.09 bits per heavy atom. The number of rotatable bonds is 5. The van der Waals surface area contributed by atoms with Gasteiger partial charge in [-0.25, -0.2) is 0 Å². The van der Waals surface area contributed by atoms with Crippen LogP contribution in [0.5, 0.6) is 0 Å². The largest absolute Gasteiger partial charge is 0.360 e. The van der Waals surface area contributed by atoms with Gasteiger partial charge in [-0.05, 0) is 38.4 Å². The number of aromatic nitrogens is 2. The van der Waals surface area contributed by atoms with Crippen LogP contribution in [0.25, 0.3) is 21.8 Å². The number of halogens is 1. The zero-order valence-electron chi connectivity index (χ0n) is 12.4. The van der Waals surface area contributed by atoms with Gasteiger partial charge in [0.05, 0.1) is 10.5 Å². The summed E-state index contributed by atoms with van der Waals surface area (Å²) in [4.78, 5) is 12.8. The number of hydrogen-bond acceptors (Lipinski definition) is 4. The van der Waals surface area contributed by atoms with Crippen molar-refractivity contribution in [1.29, 1.82) is 0 Å². The van der Waals surface area contributed by atoms with Gasteiger partial charge in [-0.3, -0.25) is 4.79 Å². The summed E-state index contributed by atoms with van der Waals surface area (Å²) >= 11 is 6.34. The molecule has 0 unspecified atom stereocenters. The van der Waals surface area contributed by atoms with Crippen LogP contribution < -0.4 is 11.3 Å². The summed E-state index contributed by atoms with van der Waals surface area (Å²) in [5.74, 6) is 0.525. The normalized spacial score (nSPS) is 11.6. The Balaban J connectivity index is 2.24. The van der Waals surface area contributed by atoms with E-state index < -0.39 is 0 Å². The average Bonchev–Trinajstić information content (AvgIpc) is 2.88. The Morgan fingerprint density at radius 1 is 1.27 bits per heavy atom. The molecule has 2 N–H and O–H groups in total. The maximum Gasteiger partial charge on any atom is 0.264 e. The molecule has 0 bridgehead atoms. The van der Waals surface area contributed by atoms with Crippen molar-refractivity contribution in [2.75, 3.05) is 6.54 Å². The highest BCUT2D eigenvalue weighted by Crippen LogP contribution is 2.30. The Morgan fingerprint density at radius 3 is 2.86 bits per heavy atom. The highest BCUT2D eigenvalue weighted by molar-refractivity contribution is 6.37. The first-order valence-corrected chi connectivity index (χ1v) is 7.80. The molecule has 0 saturated carbocycles. The van der Waals surface area contributed by atoms with E-state index in [1.165, 1.54) is 0 Å². The number of fused-ring (bicyclic) bond motifs is 3. The van der Waals surface area contributed by atoms with Crippen LogP contribution in [0.15, 0.2) is 27.5 Å². The Labute approximate surface area is 132 Å². The van der Waals surface area contributed by atoms with Crippen LogP contribution in [-0.2, 0) is 6.54 Å². The van der Waals surface area contributed by atoms with Crippen molar-refractivity contribution in [2.45, 2.75) is 32.7 Å². The third kappa shape index (κ3) is 2.40. The molecule has 0 atom stereocenters. The maximum absolute atomic E-state index is 12.8. The van der Waals surface area contributed by atoms with Gasteiger partial charge >= 0.3 is 0 Å². The molecule has 3 rings (SSSR count). The molecule has 2 heterocycles. The summed E-state index contributed by atoms with van der Waals surface area (Å²) in [6, 6.07) is 5.55. The predicted octanol–water partition coefficient (Wildman–Crippen LogP) is 3.23. The summed E-state index contributed by atoms with van der Waals surface area (Å²) < 4.78 is 6.99. The molecule has 3 aromatic rings. The van der Waals surface area contributed by atoms with Crippen LogP contribution in [-0.4, -0.2) is 16.3 Å². The molecule has 0 radical (unpaired) electrons. The fourth-order valence-corrected chi connectivity index (χ4v) is 3.08. The first kappa shape index (κ1) is 15.1. The molecule has 0 aliphatic rings. The van der Waals surface area contributed by atoms with Crippen molar-refractivity contribution in [1.82, 2.24) is 9.72 Å². The Bertz CT molecular complexity index is 882. The number of unbranched alkanes of at least 4 members (excludes halogenated alkanes) is 2. The number of nitrogens with two attached hydrogens (primary N) is 1. The van der Waals surface area contributed by atoms with E-state index in [0.29, 0.717) is 34.8 Å². The number of pyridine rings is 1. The minimum absolute atomic E-state index is 0.0729. The van der Waals surface area contributed by atoms with Gasteiger partial charge in [0.25, 0.3) is 5.56 Å². The fourth-order valence-electron chi connectivity index (χ4n) is 2.82. The highest BCUT2D eigenvalue weighted by Gasteiger charge is 2.18. The molecule has 0 aliphatic heterocycles. The zero-order chi connectivity index (χ0) is 15.7. The van der Waals surface area contributed by atoms with Crippen molar-refractivity contribution in [2.24, 2.45) is 5.73 Å². The molecule has 1 aromatic carbocycles.